The highest BCUT2D eigenvalue weighted by molar-refractivity contribution is 6.12. The van der Waals surface area contributed by atoms with Crippen LogP contribution >= 0.6 is 0 Å². The molecule has 9 heteroatoms. The summed E-state index contributed by atoms with van der Waals surface area (Å²) in [5.41, 5.74) is -1.15. The molecule has 0 saturated carbocycles. The van der Waals surface area contributed by atoms with Gasteiger partial charge in [0.15, 0.2) is 0 Å². The molecule has 9 nitrogen and oxygen atoms in total. The van der Waals surface area contributed by atoms with Crippen molar-refractivity contribution < 1.29 is 29.2 Å². The van der Waals surface area contributed by atoms with Gasteiger partial charge in [0, 0.05) is 11.8 Å². The number of carboxylic acid groups (broad SMARTS) is 1. The molecule has 2 aromatic carbocycles. The van der Waals surface area contributed by atoms with E-state index in [1.807, 2.05) is 0 Å². The number of amides is 1. The zero-order chi connectivity index (χ0) is 19.3. The quantitative estimate of drug-likeness (QED) is 0.460. The summed E-state index contributed by atoms with van der Waals surface area (Å²) >= 11 is 0. The van der Waals surface area contributed by atoms with Gasteiger partial charge in [0.2, 0.25) is 0 Å². The molecule has 0 aromatic heterocycles. The molecule has 0 bridgehead atoms. The van der Waals surface area contributed by atoms with Gasteiger partial charge in [0.25, 0.3) is 11.6 Å². The van der Waals surface area contributed by atoms with E-state index < -0.39 is 34.0 Å². The molecule has 0 aliphatic rings. The first-order chi connectivity index (χ1) is 12.3. The number of benzene rings is 2. The Kier molecular flexibility index (Phi) is 5.63. The molecule has 26 heavy (non-hydrogen) atoms. The molecule has 0 unspecified atom stereocenters. The Labute approximate surface area is 147 Å². The first kappa shape index (κ1) is 18.6. The normalized spacial score (nSPS) is 10.0. The maximum absolute atomic E-state index is 12.3. The predicted octanol–water partition coefficient (Wildman–Crippen LogP) is 2.72. The van der Waals surface area contributed by atoms with Crippen molar-refractivity contribution in [1.82, 2.24) is 0 Å². The number of hydrogen-bond donors (Lipinski definition) is 2. The number of rotatable bonds is 6. The molecule has 0 fully saturated rings. The van der Waals surface area contributed by atoms with E-state index in [0.717, 1.165) is 6.07 Å². The number of aromatic carboxylic acids is 1. The molecule has 0 atom stereocenters. The average Bonchev–Trinajstić information content (AvgIpc) is 2.61. The van der Waals surface area contributed by atoms with Crippen molar-refractivity contribution in [3.63, 3.8) is 0 Å². The highest BCUT2D eigenvalue weighted by Crippen LogP contribution is 2.23. The first-order valence-corrected chi connectivity index (χ1v) is 7.44. The van der Waals surface area contributed by atoms with E-state index >= 15 is 0 Å². The van der Waals surface area contributed by atoms with Crippen molar-refractivity contribution in [3.05, 3.63) is 69.3 Å². The molecular formula is C17H14N2O7. The van der Waals surface area contributed by atoms with Gasteiger partial charge in [0.1, 0.15) is 5.56 Å². The minimum atomic E-state index is -1.58. The van der Waals surface area contributed by atoms with Crippen LogP contribution in [0.4, 0.5) is 11.4 Å². The number of esters is 1. The second-order valence-corrected chi connectivity index (χ2v) is 5.01. The third kappa shape index (κ3) is 4.01. The SMILES string of the molecule is CCOC(=O)c1ccc(NC(=O)c2cccc([N+](=O)[O-])c2C(=O)O)cc1. The van der Waals surface area contributed by atoms with Crippen LogP contribution < -0.4 is 5.32 Å². The number of nitrogens with one attached hydrogen (secondary N) is 1. The fourth-order valence-electron chi connectivity index (χ4n) is 2.21. The summed E-state index contributed by atoms with van der Waals surface area (Å²) < 4.78 is 4.84. The number of hydrogen-bond acceptors (Lipinski definition) is 6. The van der Waals surface area contributed by atoms with Crippen molar-refractivity contribution in [2.24, 2.45) is 0 Å². The van der Waals surface area contributed by atoms with E-state index in [-0.39, 0.29) is 23.4 Å². The summed E-state index contributed by atoms with van der Waals surface area (Å²) in [5, 5.41) is 22.6. The monoisotopic (exact) mass is 358 g/mol. The largest absolute Gasteiger partial charge is 0.477 e. The summed E-state index contributed by atoms with van der Waals surface area (Å²) in [6, 6.07) is 9.14. The topological polar surface area (TPSA) is 136 Å². The van der Waals surface area contributed by atoms with Crippen LogP contribution in [-0.2, 0) is 4.74 Å². The summed E-state index contributed by atoms with van der Waals surface area (Å²) in [4.78, 5) is 45.4. The molecule has 0 heterocycles. The Balaban J connectivity index is 2.28. The molecule has 0 radical (unpaired) electrons. The number of nitro benzene ring substituents is 1. The molecule has 2 rings (SSSR count). The van der Waals surface area contributed by atoms with Crippen LogP contribution in [0.3, 0.4) is 0 Å². The number of carboxylic acids is 1. The minimum Gasteiger partial charge on any atom is -0.477 e. The van der Waals surface area contributed by atoms with Gasteiger partial charge in [-0.3, -0.25) is 14.9 Å². The molecule has 1 amide bonds. The van der Waals surface area contributed by atoms with Crippen LogP contribution in [0.15, 0.2) is 42.5 Å². The van der Waals surface area contributed by atoms with Crippen molar-refractivity contribution in [2.45, 2.75) is 6.92 Å². The van der Waals surface area contributed by atoms with Crippen LogP contribution in [0, 0.1) is 10.1 Å². The average molecular weight is 358 g/mol. The number of carbonyl (C=O) groups excluding carboxylic acids is 2. The van der Waals surface area contributed by atoms with Gasteiger partial charge in [-0.25, -0.2) is 9.59 Å². The minimum absolute atomic E-state index is 0.224. The number of ether oxygens (including phenoxy) is 1. The Hall–Kier alpha value is -3.75. The maximum Gasteiger partial charge on any atom is 0.343 e. The van der Waals surface area contributed by atoms with Crippen LogP contribution in [-0.4, -0.2) is 34.5 Å². The summed E-state index contributed by atoms with van der Waals surface area (Å²) in [6.07, 6.45) is 0. The fraction of sp³-hybridized carbons (Fsp3) is 0.118. The van der Waals surface area contributed by atoms with E-state index in [4.69, 9.17) is 4.74 Å². The van der Waals surface area contributed by atoms with E-state index in [0.29, 0.717) is 0 Å². The standard InChI is InChI=1S/C17H14N2O7/c1-2-26-17(23)10-6-8-11(9-7-10)18-15(20)12-4-3-5-13(19(24)25)14(12)16(21)22/h3-9H,2H2,1H3,(H,18,20)(H,21,22). The van der Waals surface area contributed by atoms with E-state index in [9.17, 15) is 29.6 Å². The Morgan fingerprint density at radius 2 is 1.81 bits per heavy atom. The van der Waals surface area contributed by atoms with Crippen molar-refractivity contribution in [1.29, 1.82) is 0 Å². The fourth-order valence-corrected chi connectivity index (χ4v) is 2.21. The first-order valence-electron chi connectivity index (χ1n) is 7.44. The molecule has 0 spiro atoms. The number of anilines is 1. The van der Waals surface area contributed by atoms with Gasteiger partial charge in [-0.1, -0.05) is 6.07 Å². The number of nitrogens with zero attached hydrogens (tertiary/aromatic N) is 1. The highest BCUT2D eigenvalue weighted by atomic mass is 16.6. The lowest BCUT2D eigenvalue weighted by Gasteiger charge is -2.09. The van der Waals surface area contributed by atoms with Gasteiger partial charge in [-0.05, 0) is 37.3 Å². The molecule has 0 aliphatic carbocycles. The van der Waals surface area contributed by atoms with Crippen molar-refractivity contribution in [3.8, 4) is 0 Å². The van der Waals surface area contributed by atoms with Gasteiger partial charge in [-0.2, -0.15) is 0 Å². The summed E-state index contributed by atoms with van der Waals surface area (Å²) in [5.74, 6) is -2.92. The second kappa shape index (κ2) is 7.88. The van der Waals surface area contributed by atoms with Crippen molar-refractivity contribution >= 4 is 29.2 Å². The van der Waals surface area contributed by atoms with Gasteiger partial charge >= 0.3 is 11.9 Å². The number of carbonyl (C=O) groups is 3. The van der Waals surface area contributed by atoms with Crippen LogP contribution in [0.1, 0.15) is 38.0 Å². The molecular weight excluding hydrogens is 344 g/mol. The second-order valence-electron chi connectivity index (χ2n) is 5.01. The lowest BCUT2D eigenvalue weighted by molar-refractivity contribution is -0.385. The third-order valence-electron chi connectivity index (χ3n) is 3.35. The molecule has 2 aromatic rings. The van der Waals surface area contributed by atoms with Crippen molar-refractivity contribution in [2.75, 3.05) is 11.9 Å². The molecule has 2 N–H and O–H groups in total. The van der Waals surface area contributed by atoms with Crippen LogP contribution in [0.5, 0.6) is 0 Å². The van der Waals surface area contributed by atoms with Gasteiger partial charge in [-0.15, -0.1) is 0 Å². The van der Waals surface area contributed by atoms with Crippen LogP contribution in [0.25, 0.3) is 0 Å². The molecule has 0 aliphatic heterocycles. The van der Waals surface area contributed by atoms with Gasteiger partial charge in [0.05, 0.1) is 22.7 Å². The van der Waals surface area contributed by atoms with E-state index in [2.05, 4.69) is 5.32 Å². The maximum atomic E-state index is 12.3. The zero-order valence-electron chi connectivity index (χ0n) is 13.6. The van der Waals surface area contributed by atoms with Crippen LogP contribution in [0.2, 0.25) is 0 Å². The Bertz CT molecular complexity index is 875. The lowest BCUT2D eigenvalue weighted by atomic mass is 10.0. The summed E-state index contributed by atoms with van der Waals surface area (Å²) in [7, 11) is 0. The lowest BCUT2D eigenvalue weighted by Crippen LogP contribution is -2.17. The highest BCUT2D eigenvalue weighted by Gasteiger charge is 2.26. The van der Waals surface area contributed by atoms with Gasteiger partial charge < -0.3 is 15.2 Å². The third-order valence-corrected chi connectivity index (χ3v) is 3.35. The molecule has 0 saturated heterocycles. The Morgan fingerprint density at radius 1 is 1.15 bits per heavy atom. The molecule has 134 valence electrons. The van der Waals surface area contributed by atoms with E-state index in [1.54, 1.807) is 6.92 Å². The Morgan fingerprint density at radius 3 is 2.35 bits per heavy atom. The smallest absolute Gasteiger partial charge is 0.343 e. The number of nitro groups is 1. The summed E-state index contributed by atoms with van der Waals surface area (Å²) in [6.45, 7) is 1.90. The van der Waals surface area contributed by atoms with E-state index in [1.165, 1.54) is 36.4 Å². The zero-order valence-corrected chi connectivity index (χ0v) is 13.6. The predicted molar refractivity (Wildman–Crippen MR) is 90.4 cm³/mol.